The zero-order chi connectivity index (χ0) is 15.2. The lowest BCUT2D eigenvalue weighted by atomic mass is 10.0. The Kier molecular flexibility index (Phi) is 5.76. The van der Waals surface area contributed by atoms with Crippen LogP contribution in [0.1, 0.15) is 19.4 Å². The topological polar surface area (TPSA) is 12.0 Å². The van der Waals surface area contributed by atoms with Gasteiger partial charge in [-0.05, 0) is 34.9 Å². The van der Waals surface area contributed by atoms with Crippen LogP contribution in [0.3, 0.4) is 0 Å². The maximum absolute atomic E-state index is 12.3. The van der Waals surface area contributed by atoms with Crippen molar-refractivity contribution < 1.29 is 8.78 Å². The van der Waals surface area contributed by atoms with Gasteiger partial charge in [-0.1, -0.05) is 55.9 Å². The predicted octanol–water partition coefficient (Wildman–Crippen LogP) is 5.17. The minimum atomic E-state index is -2.37. The van der Waals surface area contributed by atoms with Crippen molar-refractivity contribution in [3.8, 4) is 11.1 Å². The zero-order valence-electron chi connectivity index (χ0n) is 12.1. The van der Waals surface area contributed by atoms with Gasteiger partial charge in [0, 0.05) is 17.5 Å². The molecule has 0 unspecified atom stereocenters. The monoisotopic (exact) mass is 307 g/mol. The summed E-state index contributed by atoms with van der Waals surface area (Å²) in [6.45, 7) is 5.05. The summed E-state index contributed by atoms with van der Waals surface area (Å²) < 4.78 is 24.6. The van der Waals surface area contributed by atoms with Gasteiger partial charge in [0.2, 0.25) is 0 Å². The Morgan fingerprint density at radius 1 is 1.00 bits per heavy atom. The van der Waals surface area contributed by atoms with Crippen molar-refractivity contribution in [3.63, 3.8) is 0 Å². The first kappa shape index (κ1) is 16.0. The molecule has 1 nitrogen and oxygen atoms in total. The molecule has 0 spiro atoms. The molecule has 0 fully saturated rings. The van der Waals surface area contributed by atoms with Gasteiger partial charge >= 0.3 is 0 Å². The first-order valence-electron chi connectivity index (χ1n) is 6.92. The van der Waals surface area contributed by atoms with Gasteiger partial charge in [-0.15, -0.1) is 0 Å². The quantitative estimate of drug-likeness (QED) is 0.739. The summed E-state index contributed by atoms with van der Waals surface area (Å²) in [4.78, 5) is 0.589. The number of nitrogens with one attached hydrogen (secondary N) is 1. The highest BCUT2D eigenvalue weighted by atomic mass is 32.2. The Labute approximate surface area is 128 Å². The van der Waals surface area contributed by atoms with Crippen LogP contribution >= 0.6 is 11.8 Å². The normalized spacial score (nSPS) is 11.3. The van der Waals surface area contributed by atoms with E-state index in [0.29, 0.717) is 22.7 Å². The molecule has 0 heterocycles. The van der Waals surface area contributed by atoms with Gasteiger partial charge in [0.05, 0.1) is 0 Å². The lowest BCUT2D eigenvalue weighted by Gasteiger charge is -2.10. The van der Waals surface area contributed by atoms with Crippen LogP contribution in [0, 0.1) is 0 Å². The van der Waals surface area contributed by atoms with E-state index in [4.69, 9.17) is 0 Å². The van der Waals surface area contributed by atoms with Crippen molar-refractivity contribution in [1.29, 1.82) is 0 Å². The van der Waals surface area contributed by atoms with Gasteiger partial charge < -0.3 is 5.32 Å². The molecule has 0 radical (unpaired) electrons. The van der Waals surface area contributed by atoms with Crippen LogP contribution in [0.4, 0.5) is 8.78 Å². The van der Waals surface area contributed by atoms with E-state index < -0.39 is 5.76 Å². The third-order valence-electron chi connectivity index (χ3n) is 3.05. The van der Waals surface area contributed by atoms with E-state index in [1.165, 1.54) is 5.56 Å². The van der Waals surface area contributed by atoms with E-state index in [9.17, 15) is 8.78 Å². The Bertz CT molecular complexity index is 567. The molecule has 112 valence electrons. The van der Waals surface area contributed by atoms with E-state index in [0.717, 1.165) is 17.7 Å². The highest BCUT2D eigenvalue weighted by molar-refractivity contribution is 7.99. The van der Waals surface area contributed by atoms with Crippen LogP contribution < -0.4 is 5.32 Å². The smallest absolute Gasteiger partial charge is 0.288 e. The molecule has 0 aromatic heterocycles. The molecular weight excluding hydrogens is 288 g/mol. The van der Waals surface area contributed by atoms with Crippen molar-refractivity contribution >= 4 is 11.8 Å². The Morgan fingerprint density at radius 3 is 2.33 bits per heavy atom. The molecule has 0 aliphatic carbocycles. The molecule has 4 heteroatoms. The second-order valence-corrected chi connectivity index (χ2v) is 6.20. The number of hydrogen-bond acceptors (Lipinski definition) is 2. The maximum Gasteiger partial charge on any atom is 0.288 e. The predicted molar refractivity (Wildman–Crippen MR) is 85.7 cm³/mol. The summed E-state index contributed by atoms with van der Waals surface area (Å²) in [5.41, 5.74) is 3.36. The van der Waals surface area contributed by atoms with E-state index in [-0.39, 0.29) is 0 Å². The zero-order valence-corrected chi connectivity index (χ0v) is 13.0. The van der Waals surface area contributed by atoms with E-state index >= 15 is 0 Å². The van der Waals surface area contributed by atoms with E-state index in [1.54, 1.807) is 12.1 Å². The molecule has 0 bridgehead atoms. The van der Waals surface area contributed by atoms with E-state index in [2.05, 4.69) is 31.3 Å². The molecule has 2 aromatic rings. The molecule has 0 saturated heterocycles. The second kappa shape index (κ2) is 7.57. The standard InChI is InChI=1S/C17H19F2NS/c1-12(2)20-11-13-4-3-5-15(10-13)14-6-8-16(9-7-14)21-17(18)19/h3-10,12,17,20H,11H2,1-2H3. The number of halogens is 2. The Balaban J connectivity index is 2.12. The number of thioether (sulfide) groups is 1. The van der Waals surface area contributed by atoms with Crippen LogP contribution in [0.2, 0.25) is 0 Å². The van der Waals surface area contributed by atoms with Crippen molar-refractivity contribution in [2.24, 2.45) is 0 Å². The van der Waals surface area contributed by atoms with Crippen LogP contribution in [0.5, 0.6) is 0 Å². The summed E-state index contributed by atoms with van der Waals surface area (Å²) in [5.74, 6) is -2.37. The fraction of sp³-hybridized carbons (Fsp3) is 0.294. The Morgan fingerprint density at radius 2 is 1.71 bits per heavy atom. The van der Waals surface area contributed by atoms with Crippen molar-refractivity contribution in [3.05, 3.63) is 54.1 Å². The van der Waals surface area contributed by atoms with Crippen LogP contribution in [0.25, 0.3) is 11.1 Å². The molecular formula is C17H19F2NS. The van der Waals surface area contributed by atoms with E-state index in [1.807, 2.05) is 24.3 Å². The fourth-order valence-electron chi connectivity index (χ4n) is 2.01. The summed E-state index contributed by atoms with van der Waals surface area (Å²) in [6, 6.07) is 16.0. The average molecular weight is 307 g/mol. The summed E-state index contributed by atoms with van der Waals surface area (Å²) in [7, 11) is 0. The lowest BCUT2D eigenvalue weighted by molar-refractivity contribution is 0.252. The summed E-state index contributed by atoms with van der Waals surface area (Å²) in [6.07, 6.45) is 0. The van der Waals surface area contributed by atoms with Gasteiger partial charge in [0.25, 0.3) is 5.76 Å². The minimum absolute atomic E-state index is 0.444. The van der Waals surface area contributed by atoms with Gasteiger partial charge in [-0.2, -0.15) is 8.78 Å². The molecule has 0 aliphatic rings. The third-order valence-corrected chi connectivity index (χ3v) is 3.78. The summed E-state index contributed by atoms with van der Waals surface area (Å²) >= 11 is 0.573. The molecule has 1 N–H and O–H groups in total. The highest BCUT2D eigenvalue weighted by Gasteiger charge is 2.06. The second-order valence-electron chi connectivity index (χ2n) is 5.14. The first-order valence-corrected chi connectivity index (χ1v) is 7.80. The molecule has 21 heavy (non-hydrogen) atoms. The average Bonchev–Trinajstić information content (AvgIpc) is 2.45. The van der Waals surface area contributed by atoms with Crippen LogP contribution in [0.15, 0.2) is 53.4 Å². The van der Waals surface area contributed by atoms with Gasteiger partial charge in [0.15, 0.2) is 0 Å². The molecule has 0 amide bonds. The van der Waals surface area contributed by atoms with Gasteiger partial charge in [-0.25, -0.2) is 0 Å². The maximum atomic E-state index is 12.3. The lowest BCUT2D eigenvalue weighted by Crippen LogP contribution is -2.21. The number of rotatable bonds is 6. The van der Waals surface area contributed by atoms with Gasteiger partial charge in [-0.3, -0.25) is 0 Å². The largest absolute Gasteiger partial charge is 0.310 e. The van der Waals surface area contributed by atoms with Crippen LogP contribution in [-0.4, -0.2) is 11.8 Å². The molecule has 2 aromatic carbocycles. The Hall–Kier alpha value is -1.39. The molecule has 2 rings (SSSR count). The summed E-state index contributed by atoms with van der Waals surface area (Å²) in [5, 5.41) is 3.38. The number of alkyl halides is 2. The van der Waals surface area contributed by atoms with Crippen LogP contribution in [-0.2, 0) is 6.54 Å². The fourth-order valence-corrected chi connectivity index (χ4v) is 2.51. The van der Waals surface area contributed by atoms with Crippen molar-refractivity contribution in [2.75, 3.05) is 0 Å². The van der Waals surface area contributed by atoms with Gasteiger partial charge in [0.1, 0.15) is 0 Å². The molecule has 0 saturated carbocycles. The first-order chi connectivity index (χ1) is 10.0. The molecule has 0 aliphatic heterocycles. The number of benzene rings is 2. The van der Waals surface area contributed by atoms with Crippen molar-refractivity contribution in [2.45, 2.75) is 37.1 Å². The third kappa shape index (κ3) is 5.14. The number of hydrogen-bond donors (Lipinski definition) is 1. The SMILES string of the molecule is CC(C)NCc1cccc(-c2ccc(SC(F)F)cc2)c1. The van der Waals surface area contributed by atoms with Crippen molar-refractivity contribution in [1.82, 2.24) is 5.32 Å². The minimum Gasteiger partial charge on any atom is -0.310 e. The molecule has 0 atom stereocenters. The highest BCUT2D eigenvalue weighted by Crippen LogP contribution is 2.28.